The van der Waals surface area contributed by atoms with Crippen LogP contribution in [0.1, 0.15) is 63.5 Å². The van der Waals surface area contributed by atoms with Gasteiger partial charge in [-0.2, -0.15) is 0 Å². The van der Waals surface area contributed by atoms with Gasteiger partial charge in [0.05, 0.1) is 5.60 Å². The number of rotatable bonds is 4. The highest BCUT2D eigenvalue weighted by atomic mass is 16.6. The van der Waals surface area contributed by atoms with Gasteiger partial charge in [0, 0.05) is 35.5 Å². The van der Waals surface area contributed by atoms with E-state index in [1.165, 1.54) is 11.1 Å². The number of piperidine rings is 1. The lowest BCUT2D eigenvalue weighted by Crippen LogP contribution is -2.82. The van der Waals surface area contributed by atoms with Gasteiger partial charge >= 0.3 is 0 Å². The Balaban J connectivity index is 1.64. The van der Waals surface area contributed by atoms with Crippen molar-refractivity contribution < 1.29 is 19.7 Å². The van der Waals surface area contributed by atoms with Crippen LogP contribution in [0.25, 0.3) is 0 Å². The molecule has 4 bridgehead atoms. The van der Waals surface area contributed by atoms with Gasteiger partial charge in [-0.1, -0.05) is 19.4 Å². The van der Waals surface area contributed by atoms with Crippen LogP contribution >= 0.6 is 0 Å². The third-order valence-corrected chi connectivity index (χ3v) is 10.1. The largest absolute Gasteiger partial charge is 0.504 e. The Morgan fingerprint density at radius 3 is 2.83 bits per heavy atom. The van der Waals surface area contributed by atoms with Crippen molar-refractivity contribution in [1.82, 2.24) is 4.90 Å². The smallest absolute Gasteiger partial charge is 0.165 e. The van der Waals surface area contributed by atoms with E-state index in [9.17, 15) is 10.2 Å². The Morgan fingerprint density at radius 1 is 1.30 bits per heavy atom. The molecule has 4 fully saturated rings. The van der Waals surface area contributed by atoms with Crippen LogP contribution in [0, 0.1) is 11.3 Å². The minimum Gasteiger partial charge on any atom is -0.504 e. The van der Waals surface area contributed by atoms with Crippen LogP contribution in [0.2, 0.25) is 0 Å². The maximum absolute atomic E-state index is 11.7. The van der Waals surface area contributed by atoms with Crippen LogP contribution in [-0.2, 0) is 16.6 Å². The standard InChI is InChI=1S/C25H35NO4/c1-5-8-22(2,28)17-14-23-9-10-25(17,29-4)21-24(23)11-12-26(3)18(23)13-15-6-7-16(27)20(30-21)19(15)24/h6-7,17-18,21,27-28H,5,8-14H2,1-4H3/t17?,18-,21-,22?,23-,24+,25-/m1/s1. The maximum Gasteiger partial charge on any atom is 0.165 e. The molecule has 2 aliphatic heterocycles. The van der Waals surface area contributed by atoms with Gasteiger partial charge in [0.15, 0.2) is 11.5 Å². The van der Waals surface area contributed by atoms with E-state index in [2.05, 4.69) is 24.9 Å². The Kier molecular flexibility index (Phi) is 3.70. The van der Waals surface area contributed by atoms with Gasteiger partial charge < -0.3 is 24.6 Å². The lowest BCUT2D eigenvalue weighted by Gasteiger charge is -2.74. The topological polar surface area (TPSA) is 62.2 Å². The molecule has 0 aromatic heterocycles. The summed E-state index contributed by atoms with van der Waals surface area (Å²) < 4.78 is 13.2. The monoisotopic (exact) mass is 413 g/mol. The second-order valence-electron chi connectivity index (χ2n) is 11.0. The number of benzene rings is 1. The first-order valence-electron chi connectivity index (χ1n) is 11.8. The van der Waals surface area contributed by atoms with Gasteiger partial charge in [0.2, 0.25) is 0 Å². The molecule has 2 unspecified atom stereocenters. The Labute approximate surface area is 179 Å². The Morgan fingerprint density at radius 2 is 2.10 bits per heavy atom. The Bertz CT molecular complexity index is 915. The van der Waals surface area contributed by atoms with Crippen LogP contribution in [0.15, 0.2) is 12.1 Å². The summed E-state index contributed by atoms with van der Waals surface area (Å²) in [5, 5.41) is 22.5. The molecule has 2 spiro atoms. The third-order valence-electron chi connectivity index (χ3n) is 10.1. The molecule has 7 rings (SSSR count). The van der Waals surface area contributed by atoms with Crippen LogP contribution in [0.3, 0.4) is 0 Å². The van der Waals surface area contributed by atoms with Crippen molar-refractivity contribution in [2.24, 2.45) is 11.3 Å². The number of fused-ring (bicyclic) bond motifs is 2. The van der Waals surface area contributed by atoms with Gasteiger partial charge in [-0.3, -0.25) is 0 Å². The summed E-state index contributed by atoms with van der Waals surface area (Å²) in [5.74, 6) is 0.977. The summed E-state index contributed by atoms with van der Waals surface area (Å²) >= 11 is 0. The van der Waals surface area contributed by atoms with E-state index in [0.29, 0.717) is 11.8 Å². The molecule has 7 atom stereocenters. The van der Waals surface area contributed by atoms with Gasteiger partial charge in [-0.15, -0.1) is 0 Å². The normalized spacial score (nSPS) is 45.0. The minimum absolute atomic E-state index is 0.0221. The van der Waals surface area contributed by atoms with Crippen LogP contribution in [0.5, 0.6) is 11.5 Å². The number of aromatic hydroxyl groups is 1. The van der Waals surface area contributed by atoms with Gasteiger partial charge in [0.1, 0.15) is 11.7 Å². The molecule has 2 heterocycles. The number of nitrogens with zero attached hydrogens (tertiary/aromatic N) is 1. The number of methoxy groups -OCH3 is 1. The average Bonchev–Trinajstić information content (AvgIpc) is 3.09. The number of likely N-dealkylation sites (N-methyl/N-ethyl adjacent to an activating group) is 1. The zero-order valence-corrected chi connectivity index (χ0v) is 18.7. The number of hydrogen-bond acceptors (Lipinski definition) is 5. The zero-order valence-electron chi connectivity index (χ0n) is 18.7. The SMILES string of the molecule is CCCC(C)(O)C1C[C@@]23CC[C@]1(OC)[C@@H]1Oc4c(O)ccc5c4[C@@]12CCN(C)[C@@H]3C5. The molecule has 5 heteroatoms. The number of phenols is 1. The summed E-state index contributed by atoms with van der Waals surface area (Å²) in [7, 11) is 4.09. The van der Waals surface area contributed by atoms with Crippen LogP contribution in [0.4, 0.5) is 0 Å². The molecule has 5 nitrogen and oxygen atoms in total. The summed E-state index contributed by atoms with van der Waals surface area (Å²) in [6, 6.07) is 4.37. The van der Waals surface area contributed by atoms with Crippen LogP contribution in [-0.4, -0.2) is 59.2 Å². The van der Waals surface area contributed by atoms with Crippen molar-refractivity contribution in [2.45, 2.75) is 87.6 Å². The highest BCUT2D eigenvalue weighted by Gasteiger charge is 2.81. The predicted molar refractivity (Wildman–Crippen MR) is 114 cm³/mol. The number of likely N-dealkylation sites (tertiary alicyclic amines) is 1. The summed E-state index contributed by atoms with van der Waals surface area (Å²) in [4.78, 5) is 2.56. The van der Waals surface area contributed by atoms with E-state index in [0.717, 1.165) is 51.5 Å². The minimum atomic E-state index is -0.798. The first kappa shape index (κ1) is 19.4. The maximum atomic E-state index is 11.7. The fraction of sp³-hybridized carbons (Fsp3) is 0.760. The van der Waals surface area contributed by atoms with Crippen molar-refractivity contribution in [3.05, 3.63) is 23.3 Å². The molecule has 1 aromatic carbocycles. The van der Waals surface area contributed by atoms with Crippen molar-refractivity contribution in [1.29, 1.82) is 0 Å². The highest BCUT2D eigenvalue weighted by molar-refractivity contribution is 5.63. The van der Waals surface area contributed by atoms with Crippen LogP contribution < -0.4 is 4.74 Å². The quantitative estimate of drug-likeness (QED) is 0.792. The second-order valence-corrected chi connectivity index (χ2v) is 11.0. The first-order valence-corrected chi connectivity index (χ1v) is 11.8. The summed E-state index contributed by atoms with van der Waals surface area (Å²) in [5.41, 5.74) is 1.21. The number of aliphatic hydroxyl groups is 1. The van der Waals surface area contributed by atoms with Gasteiger partial charge in [-0.05, 0) is 70.7 Å². The van der Waals surface area contributed by atoms with E-state index in [1.54, 1.807) is 0 Å². The highest BCUT2D eigenvalue weighted by Crippen LogP contribution is 2.77. The molecule has 30 heavy (non-hydrogen) atoms. The average molecular weight is 414 g/mol. The second kappa shape index (κ2) is 5.73. The lowest BCUT2D eigenvalue weighted by atomic mass is 9.33. The van der Waals surface area contributed by atoms with Gasteiger partial charge in [-0.25, -0.2) is 0 Å². The fourth-order valence-electron chi connectivity index (χ4n) is 9.09. The summed E-state index contributed by atoms with van der Waals surface area (Å²) in [6.45, 7) is 5.19. The molecule has 1 aromatic rings. The van der Waals surface area contributed by atoms with Crippen molar-refractivity contribution in [2.75, 3.05) is 20.7 Å². The fourth-order valence-corrected chi connectivity index (χ4v) is 9.09. The molecule has 3 saturated carbocycles. The third kappa shape index (κ3) is 1.85. The van der Waals surface area contributed by atoms with Crippen molar-refractivity contribution >= 4 is 0 Å². The number of ether oxygens (including phenoxy) is 2. The molecule has 164 valence electrons. The lowest BCUT2D eigenvalue weighted by molar-refractivity contribution is -0.301. The number of phenolic OH excluding ortho intramolecular Hbond substituents is 1. The van der Waals surface area contributed by atoms with E-state index in [-0.39, 0.29) is 28.6 Å². The molecule has 4 aliphatic carbocycles. The molecular weight excluding hydrogens is 378 g/mol. The number of hydrogen-bond donors (Lipinski definition) is 2. The van der Waals surface area contributed by atoms with E-state index in [4.69, 9.17) is 9.47 Å². The molecule has 2 N–H and O–H groups in total. The predicted octanol–water partition coefficient (Wildman–Crippen LogP) is 3.39. The molecule has 1 saturated heterocycles. The zero-order chi connectivity index (χ0) is 21.1. The molecular formula is C25H35NO4. The molecule has 6 aliphatic rings. The van der Waals surface area contributed by atoms with E-state index in [1.807, 2.05) is 20.1 Å². The van der Waals surface area contributed by atoms with Crippen molar-refractivity contribution in [3.8, 4) is 11.5 Å². The van der Waals surface area contributed by atoms with E-state index < -0.39 is 11.2 Å². The van der Waals surface area contributed by atoms with E-state index >= 15 is 0 Å². The Hall–Kier alpha value is -1.30. The molecule has 0 amide bonds. The van der Waals surface area contributed by atoms with Gasteiger partial charge in [0.25, 0.3) is 0 Å². The van der Waals surface area contributed by atoms with Crippen molar-refractivity contribution in [3.63, 3.8) is 0 Å². The first-order chi connectivity index (χ1) is 14.3. The summed E-state index contributed by atoms with van der Waals surface area (Å²) in [6.07, 6.45) is 6.57. The molecule has 0 radical (unpaired) electrons.